The first-order valence-corrected chi connectivity index (χ1v) is 4.70. The fourth-order valence-electron chi connectivity index (χ4n) is 0.643. The second kappa shape index (κ2) is 11.2. The van der Waals surface area contributed by atoms with Crippen molar-refractivity contribution >= 4 is 5.97 Å². The highest BCUT2D eigenvalue weighted by molar-refractivity contribution is 5.85. The van der Waals surface area contributed by atoms with E-state index in [1.165, 1.54) is 0 Å². The highest BCUT2D eigenvalue weighted by Crippen LogP contribution is 1.92. The fourth-order valence-corrected chi connectivity index (χ4v) is 0.643. The molecule has 0 aromatic rings. The van der Waals surface area contributed by atoms with E-state index in [1.807, 2.05) is 6.92 Å². The number of carbonyl (C=O) groups is 1. The monoisotopic (exact) mass is 187 g/mol. The van der Waals surface area contributed by atoms with Crippen molar-refractivity contribution in [2.75, 3.05) is 13.1 Å². The number of hydrogen-bond acceptors (Lipinski definition) is 2. The Bertz CT molecular complexity index is 151. The molecule has 0 heterocycles. The van der Waals surface area contributed by atoms with Gasteiger partial charge in [0.1, 0.15) is 0 Å². The molecule has 0 aromatic heterocycles. The van der Waals surface area contributed by atoms with Gasteiger partial charge < -0.3 is 10.4 Å². The first-order chi connectivity index (χ1) is 6.09. The van der Waals surface area contributed by atoms with Gasteiger partial charge in [0.05, 0.1) is 0 Å². The van der Waals surface area contributed by atoms with Crippen LogP contribution in [0.25, 0.3) is 0 Å². The first-order valence-electron chi connectivity index (χ1n) is 4.70. The van der Waals surface area contributed by atoms with E-state index in [-0.39, 0.29) is 0 Å². The van der Waals surface area contributed by atoms with Gasteiger partial charge >= 0.3 is 5.97 Å². The molecule has 0 aliphatic heterocycles. The van der Waals surface area contributed by atoms with Crippen LogP contribution >= 0.6 is 0 Å². The molecule has 0 spiro atoms. The number of hydrogen-bond donors (Lipinski definition) is 2. The second-order valence-corrected chi connectivity index (χ2v) is 2.56. The Morgan fingerprint density at radius 1 is 1.31 bits per heavy atom. The summed E-state index contributed by atoms with van der Waals surface area (Å²) in [6.45, 7) is 9.89. The van der Waals surface area contributed by atoms with Crippen molar-refractivity contribution in [1.29, 1.82) is 0 Å². The van der Waals surface area contributed by atoms with Gasteiger partial charge in [0.25, 0.3) is 0 Å². The van der Waals surface area contributed by atoms with Crippen LogP contribution in [-0.4, -0.2) is 24.2 Å². The number of aliphatic carboxylic acids is 1. The smallest absolute Gasteiger partial charge is 0.330 e. The lowest BCUT2D eigenvalue weighted by molar-refractivity contribution is -0.132. The summed E-state index contributed by atoms with van der Waals surface area (Å²) in [5.74, 6) is -0.827. The van der Waals surface area contributed by atoms with Gasteiger partial charge in [0.15, 0.2) is 0 Å². The summed E-state index contributed by atoms with van der Waals surface area (Å²) >= 11 is 0. The van der Waals surface area contributed by atoms with Gasteiger partial charge in [0.2, 0.25) is 0 Å². The van der Waals surface area contributed by atoms with E-state index in [1.54, 1.807) is 13.0 Å². The maximum Gasteiger partial charge on any atom is 0.330 e. The molecule has 3 heteroatoms. The Morgan fingerprint density at radius 2 is 1.77 bits per heavy atom. The standard InChI is InChI=1S/C6H10O2.C4H11N/c1-3-4-5(2)6(7)8;1-3-5-4-2/h4H,3H2,1-2H3,(H,7,8);5H,3-4H2,1-2H3. The van der Waals surface area contributed by atoms with E-state index < -0.39 is 5.97 Å². The van der Waals surface area contributed by atoms with Crippen molar-refractivity contribution in [3.63, 3.8) is 0 Å². The second-order valence-electron chi connectivity index (χ2n) is 2.56. The Kier molecular flexibility index (Phi) is 12.6. The molecule has 0 rings (SSSR count). The van der Waals surface area contributed by atoms with Crippen LogP contribution in [0.2, 0.25) is 0 Å². The number of allylic oxidation sites excluding steroid dienone is 1. The molecule has 0 aliphatic carbocycles. The molecule has 2 N–H and O–H groups in total. The molecule has 13 heavy (non-hydrogen) atoms. The summed E-state index contributed by atoms with van der Waals surface area (Å²) < 4.78 is 0. The van der Waals surface area contributed by atoms with Gasteiger partial charge in [-0.15, -0.1) is 0 Å². The van der Waals surface area contributed by atoms with Crippen LogP contribution in [0.15, 0.2) is 11.6 Å². The molecule has 0 saturated carbocycles. The highest BCUT2D eigenvalue weighted by atomic mass is 16.4. The Labute approximate surface area is 80.8 Å². The zero-order valence-electron chi connectivity index (χ0n) is 9.05. The van der Waals surface area contributed by atoms with Crippen LogP contribution in [0.1, 0.15) is 34.1 Å². The largest absolute Gasteiger partial charge is 0.478 e. The molecule has 0 unspecified atom stereocenters. The molecular formula is C10H21NO2. The Hall–Kier alpha value is -0.830. The maximum atomic E-state index is 10.0. The summed E-state index contributed by atoms with van der Waals surface area (Å²) in [4.78, 5) is 10.0. The lowest BCUT2D eigenvalue weighted by Gasteiger charge is -1.87. The SMILES string of the molecule is CCC=C(C)C(=O)O.CCNCC. The normalized spacial score (nSPS) is 10.3. The van der Waals surface area contributed by atoms with Crippen molar-refractivity contribution in [2.45, 2.75) is 34.1 Å². The predicted octanol–water partition coefficient (Wildman–Crippen LogP) is 2.04. The zero-order chi connectivity index (χ0) is 10.7. The van der Waals surface area contributed by atoms with Crippen LogP contribution in [0, 0.1) is 0 Å². The minimum Gasteiger partial charge on any atom is -0.478 e. The molecule has 0 atom stereocenters. The van der Waals surface area contributed by atoms with E-state index in [2.05, 4.69) is 19.2 Å². The van der Waals surface area contributed by atoms with Gasteiger partial charge in [-0.05, 0) is 26.4 Å². The average Bonchev–Trinajstić information content (AvgIpc) is 2.07. The van der Waals surface area contributed by atoms with Crippen LogP contribution in [-0.2, 0) is 4.79 Å². The quantitative estimate of drug-likeness (QED) is 0.662. The molecule has 0 fully saturated rings. The molecule has 78 valence electrons. The van der Waals surface area contributed by atoms with Gasteiger partial charge in [-0.25, -0.2) is 4.79 Å². The van der Waals surface area contributed by atoms with Crippen LogP contribution < -0.4 is 5.32 Å². The molecule has 0 aromatic carbocycles. The molecule has 3 nitrogen and oxygen atoms in total. The zero-order valence-corrected chi connectivity index (χ0v) is 9.05. The fraction of sp³-hybridized carbons (Fsp3) is 0.700. The van der Waals surface area contributed by atoms with Crippen molar-refractivity contribution in [1.82, 2.24) is 5.32 Å². The van der Waals surface area contributed by atoms with Crippen LogP contribution in [0.5, 0.6) is 0 Å². The third kappa shape index (κ3) is 14.1. The summed E-state index contributed by atoms with van der Waals surface area (Å²) in [7, 11) is 0. The lowest BCUT2D eigenvalue weighted by Crippen LogP contribution is -2.09. The summed E-state index contributed by atoms with van der Waals surface area (Å²) in [6, 6.07) is 0. The molecule has 0 amide bonds. The predicted molar refractivity (Wildman–Crippen MR) is 55.9 cm³/mol. The molecule has 0 radical (unpaired) electrons. The minimum absolute atomic E-state index is 0.424. The number of carboxylic acid groups (broad SMARTS) is 1. The Balaban J connectivity index is 0. The van der Waals surface area contributed by atoms with E-state index >= 15 is 0 Å². The van der Waals surface area contributed by atoms with Gasteiger partial charge in [-0.1, -0.05) is 26.8 Å². The van der Waals surface area contributed by atoms with E-state index in [9.17, 15) is 4.79 Å². The van der Waals surface area contributed by atoms with Crippen molar-refractivity contribution in [3.05, 3.63) is 11.6 Å². The Morgan fingerprint density at radius 3 is 1.85 bits per heavy atom. The minimum atomic E-state index is -0.827. The molecule has 0 aliphatic rings. The summed E-state index contributed by atoms with van der Waals surface area (Å²) in [5.41, 5.74) is 0.424. The maximum absolute atomic E-state index is 10.0. The third-order valence-corrected chi connectivity index (χ3v) is 1.35. The van der Waals surface area contributed by atoms with E-state index in [0.29, 0.717) is 5.57 Å². The average molecular weight is 187 g/mol. The number of rotatable bonds is 4. The van der Waals surface area contributed by atoms with Crippen LogP contribution in [0.4, 0.5) is 0 Å². The van der Waals surface area contributed by atoms with Crippen molar-refractivity contribution < 1.29 is 9.90 Å². The number of carboxylic acids is 1. The van der Waals surface area contributed by atoms with Crippen molar-refractivity contribution in [3.8, 4) is 0 Å². The van der Waals surface area contributed by atoms with Gasteiger partial charge in [0, 0.05) is 5.57 Å². The van der Waals surface area contributed by atoms with E-state index in [0.717, 1.165) is 19.5 Å². The highest BCUT2D eigenvalue weighted by Gasteiger charge is 1.94. The first kappa shape index (κ1) is 14.7. The van der Waals surface area contributed by atoms with E-state index in [4.69, 9.17) is 5.11 Å². The lowest BCUT2D eigenvalue weighted by atomic mass is 10.2. The summed E-state index contributed by atoms with van der Waals surface area (Å²) in [5, 5.41) is 11.4. The third-order valence-electron chi connectivity index (χ3n) is 1.35. The molecule has 0 bridgehead atoms. The van der Waals surface area contributed by atoms with Gasteiger partial charge in [-0.3, -0.25) is 0 Å². The van der Waals surface area contributed by atoms with Crippen molar-refractivity contribution in [2.24, 2.45) is 0 Å². The molecule has 0 saturated heterocycles. The number of nitrogens with one attached hydrogen (secondary N) is 1. The topological polar surface area (TPSA) is 49.3 Å². The molecular weight excluding hydrogens is 166 g/mol. The van der Waals surface area contributed by atoms with Crippen LogP contribution in [0.3, 0.4) is 0 Å². The van der Waals surface area contributed by atoms with Gasteiger partial charge in [-0.2, -0.15) is 0 Å². The summed E-state index contributed by atoms with van der Waals surface area (Å²) in [6.07, 6.45) is 2.47.